The van der Waals surface area contributed by atoms with Crippen LogP contribution in [0.1, 0.15) is 26.2 Å². The van der Waals surface area contributed by atoms with Gasteiger partial charge in [-0.25, -0.2) is 0 Å². The Morgan fingerprint density at radius 3 is 2.76 bits per heavy atom. The molecule has 2 atom stereocenters. The summed E-state index contributed by atoms with van der Waals surface area (Å²) in [4.78, 5) is 0. The molecule has 3 heteroatoms. The highest BCUT2D eigenvalue weighted by Crippen LogP contribution is 2.24. The Hall–Kier alpha value is -0.380. The zero-order valence-electron chi connectivity index (χ0n) is 11.3. The molecule has 0 bridgehead atoms. The third kappa shape index (κ3) is 6.81. The minimum atomic E-state index is 0.724. The number of allylic oxidation sites excluding steroid dienone is 2. The first-order chi connectivity index (χ1) is 8.34. The predicted molar refractivity (Wildman–Crippen MR) is 71.2 cm³/mol. The molecule has 17 heavy (non-hydrogen) atoms. The molecule has 0 aromatic rings. The predicted octanol–water partition coefficient (Wildman–Crippen LogP) is 2.23. The maximum Gasteiger partial charge on any atom is 0.0587 e. The molecule has 1 aliphatic carbocycles. The van der Waals surface area contributed by atoms with Crippen molar-refractivity contribution in [3.8, 4) is 0 Å². The molecule has 0 aliphatic heterocycles. The van der Waals surface area contributed by atoms with E-state index >= 15 is 0 Å². The molecule has 0 fully saturated rings. The van der Waals surface area contributed by atoms with Gasteiger partial charge >= 0.3 is 0 Å². The Balaban J connectivity index is 1.88. The van der Waals surface area contributed by atoms with E-state index in [1.54, 1.807) is 7.11 Å². The van der Waals surface area contributed by atoms with Gasteiger partial charge < -0.3 is 14.8 Å². The lowest BCUT2D eigenvalue weighted by atomic mass is 9.85. The van der Waals surface area contributed by atoms with Crippen LogP contribution in [0, 0.1) is 11.8 Å². The monoisotopic (exact) mass is 241 g/mol. The molecule has 0 spiro atoms. The fourth-order valence-electron chi connectivity index (χ4n) is 2.07. The minimum Gasteiger partial charge on any atom is -0.383 e. The minimum absolute atomic E-state index is 0.724. The summed E-state index contributed by atoms with van der Waals surface area (Å²) in [7, 11) is 1.73. The van der Waals surface area contributed by atoms with E-state index < -0.39 is 0 Å². The van der Waals surface area contributed by atoms with E-state index in [4.69, 9.17) is 9.47 Å². The first kappa shape index (κ1) is 14.7. The molecule has 100 valence electrons. The van der Waals surface area contributed by atoms with Crippen LogP contribution >= 0.6 is 0 Å². The van der Waals surface area contributed by atoms with Crippen molar-refractivity contribution in [2.24, 2.45) is 11.8 Å². The summed E-state index contributed by atoms with van der Waals surface area (Å²) in [6, 6.07) is 0. The zero-order valence-corrected chi connectivity index (χ0v) is 11.3. The van der Waals surface area contributed by atoms with E-state index in [0.717, 1.165) is 51.2 Å². The second kappa shape index (κ2) is 9.63. The van der Waals surface area contributed by atoms with Crippen LogP contribution in [0.15, 0.2) is 12.2 Å². The molecule has 0 aromatic carbocycles. The van der Waals surface area contributed by atoms with Crippen molar-refractivity contribution in [2.75, 3.05) is 40.0 Å². The lowest BCUT2D eigenvalue weighted by molar-refractivity contribution is 0.0774. The smallest absolute Gasteiger partial charge is 0.0587 e. The normalized spacial score (nSPS) is 24.1. The van der Waals surface area contributed by atoms with Crippen molar-refractivity contribution in [3.63, 3.8) is 0 Å². The highest BCUT2D eigenvalue weighted by atomic mass is 16.5. The summed E-state index contributed by atoms with van der Waals surface area (Å²) in [5, 5.41) is 3.32. The van der Waals surface area contributed by atoms with Gasteiger partial charge in [0.15, 0.2) is 0 Å². The molecule has 0 saturated heterocycles. The SMILES string of the molecule is COCCNCCCOCC1CC=CCC1C. The van der Waals surface area contributed by atoms with Crippen molar-refractivity contribution in [3.05, 3.63) is 12.2 Å². The van der Waals surface area contributed by atoms with Crippen molar-refractivity contribution < 1.29 is 9.47 Å². The van der Waals surface area contributed by atoms with E-state index in [-0.39, 0.29) is 0 Å². The quantitative estimate of drug-likeness (QED) is 0.496. The van der Waals surface area contributed by atoms with Gasteiger partial charge in [0.1, 0.15) is 0 Å². The van der Waals surface area contributed by atoms with E-state index in [9.17, 15) is 0 Å². The lowest BCUT2D eigenvalue weighted by Gasteiger charge is -2.24. The van der Waals surface area contributed by atoms with Gasteiger partial charge in [-0.1, -0.05) is 19.1 Å². The fourth-order valence-corrected chi connectivity index (χ4v) is 2.07. The average molecular weight is 241 g/mol. The molecule has 1 rings (SSSR count). The summed E-state index contributed by atoms with van der Waals surface area (Å²) < 4.78 is 10.7. The summed E-state index contributed by atoms with van der Waals surface area (Å²) in [6.45, 7) is 6.84. The van der Waals surface area contributed by atoms with Crippen LogP contribution in [-0.4, -0.2) is 40.0 Å². The third-order valence-corrected chi connectivity index (χ3v) is 3.38. The van der Waals surface area contributed by atoms with Gasteiger partial charge in [0, 0.05) is 26.9 Å². The van der Waals surface area contributed by atoms with Gasteiger partial charge in [-0.05, 0) is 37.6 Å². The summed E-state index contributed by atoms with van der Waals surface area (Å²) in [5.74, 6) is 1.50. The van der Waals surface area contributed by atoms with Gasteiger partial charge in [0.2, 0.25) is 0 Å². The van der Waals surface area contributed by atoms with Gasteiger partial charge in [-0.3, -0.25) is 0 Å². The Labute approximate surface area is 106 Å². The highest BCUT2D eigenvalue weighted by molar-refractivity contribution is 4.93. The molecule has 1 aliphatic rings. The number of hydrogen-bond donors (Lipinski definition) is 1. The second-order valence-electron chi connectivity index (χ2n) is 4.85. The molecule has 3 nitrogen and oxygen atoms in total. The summed E-state index contributed by atoms with van der Waals surface area (Å²) >= 11 is 0. The molecular formula is C14H27NO2. The molecule has 0 heterocycles. The van der Waals surface area contributed by atoms with Crippen LogP contribution in [0.5, 0.6) is 0 Å². The fraction of sp³-hybridized carbons (Fsp3) is 0.857. The number of nitrogens with one attached hydrogen (secondary N) is 1. The van der Waals surface area contributed by atoms with Crippen molar-refractivity contribution in [1.29, 1.82) is 0 Å². The zero-order chi connectivity index (χ0) is 12.3. The van der Waals surface area contributed by atoms with Crippen molar-refractivity contribution in [2.45, 2.75) is 26.2 Å². The molecule has 0 aromatic heterocycles. The van der Waals surface area contributed by atoms with Crippen LogP contribution in [0.25, 0.3) is 0 Å². The van der Waals surface area contributed by atoms with E-state index in [1.165, 1.54) is 12.8 Å². The first-order valence-corrected chi connectivity index (χ1v) is 6.77. The van der Waals surface area contributed by atoms with Gasteiger partial charge in [-0.15, -0.1) is 0 Å². The Bertz CT molecular complexity index is 206. The van der Waals surface area contributed by atoms with Crippen LogP contribution in [0.3, 0.4) is 0 Å². The molecule has 0 amide bonds. The van der Waals surface area contributed by atoms with E-state index in [2.05, 4.69) is 24.4 Å². The van der Waals surface area contributed by atoms with Crippen LogP contribution in [-0.2, 0) is 9.47 Å². The van der Waals surface area contributed by atoms with E-state index in [0.29, 0.717) is 0 Å². The summed E-state index contributed by atoms with van der Waals surface area (Å²) in [5.41, 5.74) is 0. The summed E-state index contributed by atoms with van der Waals surface area (Å²) in [6.07, 6.45) is 8.07. The van der Waals surface area contributed by atoms with Crippen LogP contribution in [0.4, 0.5) is 0 Å². The van der Waals surface area contributed by atoms with Gasteiger partial charge in [0.25, 0.3) is 0 Å². The topological polar surface area (TPSA) is 30.5 Å². The largest absolute Gasteiger partial charge is 0.383 e. The first-order valence-electron chi connectivity index (χ1n) is 6.77. The van der Waals surface area contributed by atoms with Gasteiger partial charge in [0.05, 0.1) is 6.61 Å². The maximum atomic E-state index is 5.74. The molecular weight excluding hydrogens is 214 g/mol. The van der Waals surface area contributed by atoms with Gasteiger partial charge in [-0.2, -0.15) is 0 Å². The number of methoxy groups -OCH3 is 1. The maximum absolute atomic E-state index is 5.74. The van der Waals surface area contributed by atoms with Crippen molar-refractivity contribution >= 4 is 0 Å². The molecule has 1 N–H and O–H groups in total. The van der Waals surface area contributed by atoms with Crippen LogP contribution < -0.4 is 5.32 Å². The number of hydrogen-bond acceptors (Lipinski definition) is 3. The number of ether oxygens (including phenoxy) is 2. The Morgan fingerprint density at radius 1 is 1.18 bits per heavy atom. The Kier molecular flexibility index (Phi) is 8.32. The molecule has 2 unspecified atom stereocenters. The average Bonchev–Trinajstić information content (AvgIpc) is 2.35. The second-order valence-corrected chi connectivity index (χ2v) is 4.85. The lowest BCUT2D eigenvalue weighted by Crippen LogP contribution is -2.23. The van der Waals surface area contributed by atoms with Crippen LogP contribution in [0.2, 0.25) is 0 Å². The number of rotatable bonds is 9. The standard InChI is InChI=1S/C14H27NO2/c1-13-6-3-4-7-14(13)12-17-10-5-8-15-9-11-16-2/h3-4,13-15H,5-12H2,1-2H3. The molecule has 0 saturated carbocycles. The highest BCUT2D eigenvalue weighted by Gasteiger charge is 2.17. The van der Waals surface area contributed by atoms with E-state index in [1.807, 2.05) is 0 Å². The van der Waals surface area contributed by atoms with Crippen molar-refractivity contribution in [1.82, 2.24) is 5.32 Å². The molecule has 0 radical (unpaired) electrons. The Morgan fingerprint density at radius 2 is 2.00 bits per heavy atom. The third-order valence-electron chi connectivity index (χ3n) is 3.38.